The predicted octanol–water partition coefficient (Wildman–Crippen LogP) is 4.41. The van der Waals surface area contributed by atoms with E-state index >= 15 is 0 Å². The van der Waals surface area contributed by atoms with Crippen molar-refractivity contribution in [1.29, 1.82) is 0 Å². The molecule has 26 heavy (non-hydrogen) atoms. The molecule has 0 aliphatic rings. The second kappa shape index (κ2) is 29.5. The Hall–Kier alpha value is 4.50. The van der Waals surface area contributed by atoms with E-state index in [1.807, 2.05) is 0 Å². The summed E-state index contributed by atoms with van der Waals surface area (Å²) in [4.78, 5) is 4.58. The van der Waals surface area contributed by atoms with E-state index in [1.54, 1.807) is 130 Å². The molecule has 0 N–H and O–H groups in total. The molecule has 0 fully saturated rings. The molecule has 142 valence electrons. The molecule has 2 aromatic rings. The zero-order valence-electron chi connectivity index (χ0n) is 14.7. The number of rotatable bonds is 1. The molecule has 0 amide bonds. The van der Waals surface area contributed by atoms with Crippen molar-refractivity contribution in [1.82, 2.24) is 0 Å². The van der Waals surface area contributed by atoms with E-state index in [2.05, 4.69) is 69.0 Å². The van der Waals surface area contributed by atoms with Crippen LogP contribution in [0.4, 0.5) is 0 Å². The average molecular weight is 1880 g/mol. The van der Waals surface area contributed by atoms with Gasteiger partial charge in [0.25, 0.3) is 0 Å². The van der Waals surface area contributed by atoms with Gasteiger partial charge in [0.1, 0.15) is 0 Å². The molecule has 0 aromatic heterocycles. The van der Waals surface area contributed by atoms with Crippen molar-refractivity contribution in [3.8, 4) is 11.1 Å². The zero-order valence-corrected chi connectivity index (χ0v) is 41.1. The topological polar surface area (TPSA) is 0 Å². The van der Waals surface area contributed by atoms with Crippen LogP contribution >= 0.6 is 0 Å². The molecule has 0 unspecified atom stereocenters. The molecular formula is C17H19W9-. The van der Waals surface area contributed by atoms with Crippen LogP contribution in [-0.2, 0) is 149 Å². The Labute approximate surface area is 246 Å². The summed E-state index contributed by atoms with van der Waals surface area (Å²) < 4.78 is 0. The van der Waals surface area contributed by atoms with Gasteiger partial charge in [0.05, 0.1) is 0 Å². The molecule has 0 radical (unpaired) electrons. The third-order valence-corrected chi connectivity index (χ3v) is 3.06. The molecule has 0 saturated carbocycles. The molecular weight excluding hydrogens is 1860 g/mol. The first-order valence-corrected chi connectivity index (χ1v) is 52.3. The van der Waals surface area contributed by atoms with Crippen molar-refractivity contribution < 1.29 is 149 Å². The number of hydrogen-bond donors (Lipinski definition) is 0. The van der Waals surface area contributed by atoms with Crippen molar-refractivity contribution in [2.24, 2.45) is 0 Å². The maximum absolute atomic E-state index is 4.58. The fourth-order valence-electron chi connectivity index (χ4n) is 2.06. The first-order chi connectivity index (χ1) is 12.6. The third-order valence-electron chi connectivity index (χ3n) is 3.06. The van der Waals surface area contributed by atoms with Gasteiger partial charge in [-0.15, -0.1) is 0 Å². The molecule has 0 bridgehead atoms. The van der Waals surface area contributed by atoms with Crippen LogP contribution in [0.25, 0.3) is 11.1 Å². The molecule has 0 atom stereocenters. The van der Waals surface area contributed by atoms with Gasteiger partial charge in [-0.1, -0.05) is 47.5 Å². The first-order valence-electron chi connectivity index (χ1n) is 6.62. The van der Waals surface area contributed by atoms with Gasteiger partial charge in [0.2, 0.25) is 0 Å². The normalized spacial score (nSPS) is 7.23. The van der Waals surface area contributed by atoms with Crippen LogP contribution in [0.2, 0.25) is 0 Å². The van der Waals surface area contributed by atoms with Gasteiger partial charge in [-0.25, -0.2) is 0 Å². The summed E-state index contributed by atoms with van der Waals surface area (Å²) in [6.07, 6.45) is 0. The molecule has 0 nitrogen and oxygen atoms in total. The van der Waals surface area contributed by atoms with E-state index in [0.29, 0.717) is 0 Å². The van der Waals surface area contributed by atoms with E-state index in [0.717, 1.165) is 19.4 Å². The van der Waals surface area contributed by atoms with Crippen LogP contribution in [0.5, 0.6) is 0 Å². The fraction of sp³-hybridized carbons (Fsp3) is 0.235. The maximum atomic E-state index is 4.58. The molecule has 0 aliphatic carbocycles. The van der Waals surface area contributed by atoms with E-state index in [-0.39, 0.29) is 0 Å². The predicted molar refractivity (Wildman–Crippen MR) is 76.9 cm³/mol. The van der Waals surface area contributed by atoms with Gasteiger partial charge in [-0.3, -0.25) is 0 Å². The van der Waals surface area contributed by atoms with Crippen molar-refractivity contribution in [3.05, 3.63) is 58.7 Å². The average Bonchev–Trinajstić information content (AvgIpc) is 2.71. The number of hydrogen-bond acceptors (Lipinski definition) is 0. The van der Waals surface area contributed by atoms with Crippen molar-refractivity contribution in [2.75, 3.05) is 0 Å². The summed E-state index contributed by atoms with van der Waals surface area (Å²) in [7, 11) is 0. The summed E-state index contributed by atoms with van der Waals surface area (Å²) in [5.74, 6) is 0. The van der Waals surface area contributed by atoms with E-state index < -0.39 is 0 Å². The zero-order chi connectivity index (χ0) is 21.7. The van der Waals surface area contributed by atoms with Crippen LogP contribution in [0, 0.1) is 27.7 Å². The summed E-state index contributed by atoms with van der Waals surface area (Å²) in [5, 5.41) is 0. The Morgan fingerprint density at radius 1 is 0.500 bits per heavy atom. The second-order valence-electron chi connectivity index (χ2n) is 4.68. The number of aryl methyl sites for hydroxylation is 4. The van der Waals surface area contributed by atoms with Crippen LogP contribution in [0.15, 0.2) is 36.4 Å². The van der Waals surface area contributed by atoms with Crippen molar-refractivity contribution in [2.45, 2.75) is 27.7 Å². The Morgan fingerprint density at radius 3 is 1.23 bits per heavy atom. The van der Waals surface area contributed by atoms with Crippen molar-refractivity contribution >= 4 is 4.90 Å². The van der Waals surface area contributed by atoms with Crippen LogP contribution in [0.3, 0.4) is 0 Å². The van der Waals surface area contributed by atoms with E-state index in [9.17, 15) is 0 Å². The Morgan fingerprint density at radius 2 is 0.885 bits per heavy atom. The third kappa shape index (κ3) is 19.2. The molecule has 9 heteroatoms. The Bertz CT molecular complexity index is 585. The van der Waals surface area contributed by atoms with Crippen LogP contribution < -0.4 is 0 Å². The number of benzene rings is 2. The van der Waals surface area contributed by atoms with Gasteiger partial charge >= 0.3 is 154 Å². The van der Waals surface area contributed by atoms with Gasteiger partial charge in [0, 0.05) is 0 Å². The summed E-state index contributed by atoms with van der Waals surface area (Å²) in [5.41, 5.74) is 8.00. The van der Waals surface area contributed by atoms with E-state index in [4.69, 9.17) is 0 Å². The minimum atomic E-state index is 1.08. The monoisotopic (exact) mass is 1880 g/mol. The molecule has 2 rings (SSSR count). The summed E-state index contributed by atoms with van der Waals surface area (Å²) >= 11 is 14.4. The first kappa shape index (κ1) is 37.8. The van der Waals surface area contributed by atoms with Gasteiger partial charge in [-0.05, 0) is 49.9 Å². The Balaban J connectivity index is -0.000000210. The van der Waals surface area contributed by atoms with Crippen molar-refractivity contribution in [3.63, 3.8) is 0 Å². The Kier molecular flexibility index (Phi) is 42.9. The minimum absolute atomic E-state index is 1.08. The molecule has 0 aliphatic heterocycles. The molecule has 2 aromatic carbocycles. The summed E-state index contributed by atoms with van der Waals surface area (Å²) in [6, 6.07) is 13.4. The van der Waals surface area contributed by atoms with Crippen LogP contribution in [0.1, 0.15) is 22.3 Å². The molecule has 0 saturated heterocycles. The fourth-order valence-corrected chi connectivity index (χ4v) is 2.06. The SMILES string of the molecule is Cc1cc(C)cc(-c2ccc(C)c(C)c2)c1.[CH-]=[W].[W]=[W].[W]=[W].[W]=[W].[W]=[W]. The van der Waals surface area contributed by atoms with E-state index in [1.165, 1.54) is 33.4 Å². The molecule has 0 spiro atoms. The summed E-state index contributed by atoms with van der Waals surface area (Å²) in [6.45, 7) is 8.62. The quantitative estimate of drug-likeness (QED) is 0.372. The molecule has 0 heterocycles. The van der Waals surface area contributed by atoms with Crippen LogP contribution in [-0.4, -0.2) is 4.90 Å². The second-order valence-corrected chi connectivity index (χ2v) is 4.68. The van der Waals surface area contributed by atoms with Gasteiger partial charge in [0.15, 0.2) is 0 Å². The van der Waals surface area contributed by atoms with Gasteiger partial charge < -0.3 is 0 Å². The van der Waals surface area contributed by atoms with Gasteiger partial charge in [-0.2, -0.15) is 0 Å². The standard InChI is InChI=1S/C16H18.CH.9W/c1-11-7-12(2)9-16(8-11)15-6-5-13(3)14(4)10-15;;;;;;;;;;/h5-10H,1-4H3;1H;;;;;;;;;/q;-1;;;;;;;;;.